The van der Waals surface area contributed by atoms with Gasteiger partial charge in [0, 0.05) is 5.56 Å². The number of fused-ring (bicyclic) bond motifs is 1. The number of aromatic nitrogens is 2. The normalized spacial score (nSPS) is 21.4. The Balaban J connectivity index is 1.62. The summed E-state index contributed by atoms with van der Waals surface area (Å²) in [6, 6.07) is 15.6. The van der Waals surface area contributed by atoms with Crippen LogP contribution in [0.25, 0.3) is 22.4 Å². The highest BCUT2D eigenvalue weighted by Gasteiger charge is 2.33. The predicted molar refractivity (Wildman–Crippen MR) is 126 cm³/mol. The molecule has 4 rings (SSSR count). The van der Waals surface area contributed by atoms with Crippen molar-refractivity contribution >= 4 is 29.4 Å². The molecule has 1 fully saturated rings. The van der Waals surface area contributed by atoms with Gasteiger partial charge in [0.05, 0.1) is 16.7 Å². The first-order valence-corrected chi connectivity index (χ1v) is 11.2. The van der Waals surface area contributed by atoms with Crippen molar-refractivity contribution in [3.8, 4) is 11.4 Å². The molecule has 0 spiro atoms. The fourth-order valence-corrected chi connectivity index (χ4v) is 4.76. The minimum absolute atomic E-state index is 0.00700. The van der Waals surface area contributed by atoms with E-state index in [1.54, 1.807) is 0 Å². The van der Waals surface area contributed by atoms with Crippen LogP contribution in [0.1, 0.15) is 40.0 Å². The predicted octanol–water partition coefficient (Wildman–Crippen LogP) is 6.04. The van der Waals surface area contributed by atoms with Crippen LogP contribution in [0.15, 0.2) is 53.5 Å². The number of carbonyl (C=O) groups is 1. The summed E-state index contributed by atoms with van der Waals surface area (Å²) in [7, 11) is 0. The summed E-state index contributed by atoms with van der Waals surface area (Å²) in [5, 5.41) is 0. The Labute approximate surface area is 184 Å². The van der Waals surface area contributed by atoms with E-state index in [9.17, 15) is 4.79 Å². The molecule has 0 saturated heterocycles. The molecule has 5 heteroatoms. The lowest BCUT2D eigenvalue weighted by atomic mass is 9.75. The van der Waals surface area contributed by atoms with Crippen LogP contribution in [0, 0.1) is 17.8 Å². The molecule has 0 N–H and O–H groups in total. The van der Waals surface area contributed by atoms with Crippen LogP contribution in [0.4, 0.5) is 5.69 Å². The van der Waals surface area contributed by atoms with Crippen LogP contribution in [-0.2, 0) is 16.1 Å². The molecule has 0 amide bonds. The van der Waals surface area contributed by atoms with Gasteiger partial charge in [-0.25, -0.2) is 4.98 Å². The molecule has 1 heterocycles. The lowest BCUT2D eigenvalue weighted by Gasteiger charge is -2.36. The summed E-state index contributed by atoms with van der Waals surface area (Å²) in [6.07, 6.45) is 3.28. The molecule has 0 bridgehead atoms. The van der Waals surface area contributed by atoms with Crippen LogP contribution < -0.4 is 0 Å². The molecular formula is C26H31N3O2. The average molecular weight is 418 g/mol. The number of rotatable bonds is 6. The number of hydrogen-bond acceptors (Lipinski definition) is 4. The van der Waals surface area contributed by atoms with Gasteiger partial charge in [0.1, 0.15) is 18.5 Å². The second-order valence-electron chi connectivity index (χ2n) is 9.07. The maximum atomic E-state index is 13.1. The first kappa shape index (κ1) is 21.3. The summed E-state index contributed by atoms with van der Waals surface area (Å²) in [5.41, 5.74) is 3.53. The van der Waals surface area contributed by atoms with Crippen molar-refractivity contribution < 1.29 is 9.53 Å². The zero-order valence-electron chi connectivity index (χ0n) is 18.6. The van der Waals surface area contributed by atoms with E-state index < -0.39 is 0 Å². The molecule has 1 unspecified atom stereocenters. The first-order chi connectivity index (χ1) is 15.0. The number of ether oxygens (including phenoxy) is 1. The third-order valence-electron chi connectivity index (χ3n) is 6.49. The van der Waals surface area contributed by atoms with Gasteiger partial charge in [-0.3, -0.25) is 9.79 Å². The monoisotopic (exact) mass is 417 g/mol. The highest BCUT2D eigenvalue weighted by atomic mass is 16.5. The third-order valence-corrected chi connectivity index (χ3v) is 6.49. The lowest BCUT2D eigenvalue weighted by molar-refractivity contribution is -0.156. The van der Waals surface area contributed by atoms with Crippen molar-refractivity contribution in [1.82, 2.24) is 9.55 Å². The van der Waals surface area contributed by atoms with Gasteiger partial charge in [0.15, 0.2) is 0 Å². The Kier molecular flexibility index (Phi) is 6.21. The van der Waals surface area contributed by atoms with Crippen molar-refractivity contribution in [1.29, 1.82) is 0 Å². The Bertz CT molecular complexity index is 1070. The number of hydrogen-bond donors (Lipinski definition) is 0. The van der Waals surface area contributed by atoms with Crippen molar-refractivity contribution in [2.75, 3.05) is 0 Å². The van der Waals surface area contributed by atoms with Crippen molar-refractivity contribution in [3.63, 3.8) is 0 Å². The third kappa shape index (κ3) is 4.55. The molecule has 0 aliphatic heterocycles. The standard InChI is InChI=1S/C26H31N3O2/c1-17(2)21-14-9-18(3)15-24(21)31-25(30)16-29-23-8-6-5-7-22(23)28-26(29)19-10-12-20(27-4)13-11-19/h5-8,10-13,17-18,21,24H,4,9,14-16H2,1-3H3/t18-,21?,24-/m1/s1. The molecule has 162 valence electrons. The maximum Gasteiger partial charge on any atom is 0.326 e. The second kappa shape index (κ2) is 9.04. The van der Waals surface area contributed by atoms with Gasteiger partial charge >= 0.3 is 5.97 Å². The number of para-hydroxylation sites is 2. The summed E-state index contributed by atoms with van der Waals surface area (Å²) in [6.45, 7) is 10.4. The molecule has 0 radical (unpaired) electrons. The highest BCUT2D eigenvalue weighted by Crippen LogP contribution is 2.35. The summed E-state index contributed by atoms with van der Waals surface area (Å²) in [4.78, 5) is 21.8. The van der Waals surface area contributed by atoms with E-state index in [0.717, 1.165) is 41.0 Å². The molecule has 3 aromatic rings. The van der Waals surface area contributed by atoms with Gasteiger partial charge in [-0.05, 0) is 73.7 Å². The number of imidazole rings is 1. The number of carbonyl (C=O) groups excluding carboxylic acids is 1. The fourth-order valence-electron chi connectivity index (χ4n) is 4.76. The summed E-state index contributed by atoms with van der Waals surface area (Å²) >= 11 is 0. The Hall–Kier alpha value is -2.95. The highest BCUT2D eigenvalue weighted by molar-refractivity contribution is 5.83. The fraction of sp³-hybridized carbons (Fsp3) is 0.423. The number of nitrogens with zero attached hydrogens (tertiary/aromatic N) is 3. The SMILES string of the molecule is C=Nc1ccc(-c2nc3ccccc3n2CC(=O)O[C@@H]2C[C@H](C)CCC2C(C)C)cc1. The minimum Gasteiger partial charge on any atom is -0.461 e. The number of aliphatic imine (C=N–C) groups is 1. The van der Waals surface area contributed by atoms with Gasteiger partial charge in [0.25, 0.3) is 0 Å². The van der Waals surface area contributed by atoms with Crippen LogP contribution in [0.2, 0.25) is 0 Å². The van der Waals surface area contributed by atoms with Gasteiger partial charge in [-0.15, -0.1) is 0 Å². The van der Waals surface area contributed by atoms with E-state index in [-0.39, 0.29) is 18.6 Å². The zero-order valence-corrected chi connectivity index (χ0v) is 18.6. The van der Waals surface area contributed by atoms with E-state index in [1.165, 1.54) is 6.42 Å². The second-order valence-corrected chi connectivity index (χ2v) is 9.07. The number of benzene rings is 2. The van der Waals surface area contributed by atoms with Crippen molar-refractivity contribution in [3.05, 3.63) is 48.5 Å². The van der Waals surface area contributed by atoms with Crippen molar-refractivity contribution in [2.24, 2.45) is 22.7 Å². The van der Waals surface area contributed by atoms with E-state index >= 15 is 0 Å². The Morgan fingerprint density at radius 2 is 1.94 bits per heavy atom. The molecule has 5 nitrogen and oxygen atoms in total. The molecule has 2 aromatic carbocycles. The molecule has 3 atom stereocenters. The smallest absolute Gasteiger partial charge is 0.326 e. The Morgan fingerprint density at radius 3 is 2.65 bits per heavy atom. The number of esters is 1. The summed E-state index contributed by atoms with van der Waals surface area (Å²) < 4.78 is 8.04. The average Bonchev–Trinajstić information content (AvgIpc) is 3.12. The first-order valence-electron chi connectivity index (χ1n) is 11.2. The molecule has 31 heavy (non-hydrogen) atoms. The van der Waals surface area contributed by atoms with Crippen LogP contribution in [0.3, 0.4) is 0 Å². The molecular weight excluding hydrogens is 386 g/mol. The molecule has 1 aromatic heterocycles. The zero-order chi connectivity index (χ0) is 22.0. The van der Waals surface area contributed by atoms with Crippen LogP contribution in [-0.4, -0.2) is 28.3 Å². The topological polar surface area (TPSA) is 56.5 Å². The van der Waals surface area contributed by atoms with E-state index in [4.69, 9.17) is 9.72 Å². The van der Waals surface area contributed by atoms with Crippen molar-refractivity contribution in [2.45, 2.75) is 52.7 Å². The van der Waals surface area contributed by atoms with Crippen LogP contribution in [0.5, 0.6) is 0 Å². The lowest BCUT2D eigenvalue weighted by Crippen LogP contribution is -2.36. The van der Waals surface area contributed by atoms with E-state index in [2.05, 4.69) is 32.5 Å². The van der Waals surface area contributed by atoms with Gasteiger partial charge in [0.2, 0.25) is 0 Å². The van der Waals surface area contributed by atoms with Gasteiger partial charge in [-0.1, -0.05) is 39.3 Å². The Morgan fingerprint density at radius 1 is 1.19 bits per heavy atom. The molecule has 1 saturated carbocycles. The molecule has 1 aliphatic rings. The quantitative estimate of drug-likeness (QED) is 0.363. The minimum atomic E-state index is -0.196. The van der Waals surface area contributed by atoms with E-state index in [0.29, 0.717) is 17.8 Å². The van der Waals surface area contributed by atoms with Gasteiger partial charge in [-0.2, -0.15) is 0 Å². The van der Waals surface area contributed by atoms with E-state index in [1.807, 2.05) is 53.1 Å². The largest absolute Gasteiger partial charge is 0.461 e. The maximum absolute atomic E-state index is 13.1. The molecule has 1 aliphatic carbocycles. The van der Waals surface area contributed by atoms with Gasteiger partial charge < -0.3 is 9.30 Å². The van der Waals surface area contributed by atoms with Crippen LogP contribution >= 0.6 is 0 Å². The summed E-state index contributed by atoms with van der Waals surface area (Å²) in [5.74, 6) is 2.09.